The topological polar surface area (TPSA) is 29.0 Å². The lowest BCUT2D eigenvalue weighted by Gasteiger charge is -2.37. The first kappa shape index (κ1) is 10.9. The molecule has 0 N–H and O–H groups in total. The van der Waals surface area contributed by atoms with Crippen LogP contribution in [0, 0.1) is 5.92 Å². The van der Waals surface area contributed by atoms with Crippen LogP contribution in [-0.4, -0.2) is 27.7 Å². The van der Waals surface area contributed by atoms with Crippen LogP contribution in [0.5, 0.6) is 0 Å². The fourth-order valence-electron chi connectivity index (χ4n) is 3.22. The van der Waals surface area contributed by atoms with Gasteiger partial charge >= 0.3 is 0 Å². The molecule has 16 heavy (non-hydrogen) atoms. The predicted octanol–water partition coefficient (Wildman–Crippen LogP) is 2.96. The lowest BCUT2D eigenvalue weighted by molar-refractivity contribution is 0.105. The number of aromatic nitrogens is 2. The summed E-state index contributed by atoms with van der Waals surface area (Å²) in [5.74, 6) is 0.942. The molecule has 3 nitrogen and oxygen atoms in total. The van der Waals surface area contributed by atoms with Gasteiger partial charge in [-0.1, -0.05) is 17.8 Å². The summed E-state index contributed by atoms with van der Waals surface area (Å²) in [6, 6.07) is 0.802. The van der Waals surface area contributed by atoms with Crippen LogP contribution < -0.4 is 0 Å². The molecule has 1 saturated heterocycles. The van der Waals surface area contributed by atoms with Crippen molar-refractivity contribution in [1.29, 1.82) is 0 Å². The third-order valence-electron chi connectivity index (χ3n) is 3.89. The van der Waals surface area contributed by atoms with Crippen molar-refractivity contribution in [1.82, 2.24) is 15.1 Å². The van der Waals surface area contributed by atoms with Crippen molar-refractivity contribution in [2.75, 3.05) is 6.54 Å². The van der Waals surface area contributed by atoms with E-state index in [0.29, 0.717) is 4.47 Å². The maximum absolute atomic E-state index is 5.82. The number of hydrogen-bond donors (Lipinski definition) is 0. The maximum atomic E-state index is 5.82. The Hall–Kier alpha value is -0.190. The van der Waals surface area contributed by atoms with E-state index in [2.05, 4.69) is 15.1 Å². The minimum atomic E-state index is 0.565. The molecule has 2 fully saturated rings. The van der Waals surface area contributed by atoms with Gasteiger partial charge in [0.15, 0.2) is 0 Å². The van der Waals surface area contributed by atoms with Crippen LogP contribution in [0.1, 0.15) is 37.1 Å². The number of nitrogens with zero attached hydrogens (tertiary/aromatic N) is 3. The summed E-state index contributed by atoms with van der Waals surface area (Å²) in [6.45, 7) is 2.17. The first-order valence-corrected chi connectivity index (χ1v) is 7.24. The van der Waals surface area contributed by atoms with Gasteiger partial charge in [-0.05, 0) is 49.7 Å². The second-order valence-corrected chi connectivity index (χ2v) is 6.46. The molecule has 1 aliphatic heterocycles. The lowest BCUT2D eigenvalue weighted by Crippen LogP contribution is -2.41. The summed E-state index contributed by atoms with van der Waals surface area (Å²) in [7, 11) is 0. The second-order valence-electron chi connectivity index (χ2n) is 4.82. The van der Waals surface area contributed by atoms with E-state index in [1.807, 2.05) is 0 Å². The molecule has 1 aliphatic carbocycles. The molecule has 2 atom stereocenters. The summed E-state index contributed by atoms with van der Waals surface area (Å²) in [4.78, 5) is 2.60. The standard InChI is InChI=1S/C11H16ClN3S/c12-11-14-13-10(16-11)7-15-6-2-4-8-3-1-5-9(8)15/h8-9H,1-7H2. The van der Waals surface area contributed by atoms with Gasteiger partial charge in [-0.3, -0.25) is 4.90 Å². The number of rotatable bonds is 2. The Balaban J connectivity index is 1.69. The minimum Gasteiger partial charge on any atom is -0.293 e. The zero-order chi connectivity index (χ0) is 11.0. The van der Waals surface area contributed by atoms with Gasteiger partial charge in [-0.2, -0.15) is 0 Å². The molecule has 2 unspecified atom stereocenters. The molecule has 0 bridgehead atoms. The van der Waals surface area contributed by atoms with Crippen LogP contribution in [0.2, 0.25) is 4.47 Å². The molecule has 0 amide bonds. The van der Waals surface area contributed by atoms with Gasteiger partial charge < -0.3 is 0 Å². The van der Waals surface area contributed by atoms with Crippen molar-refractivity contribution in [2.45, 2.75) is 44.7 Å². The molecule has 1 aromatic heterocycles. The minimum absolute atomic E-state index is 0.565. The van der Waals surface area contributed by atoms with E-state index in [1.54, 1.807) is 0 Å². The van der Waals surface area contributed by atoms with Crippen LogP contribution in [0.3, 0.4) is 0 Å². The van der Waals surface area contributed by atoms with Gasteiger partial charge in [-0.25, -0.2) is 0 Å². The first-order chi connectivity index (χ1) is 7.83. The first-order valence-electron chi connectivity index (χ1n) is 6.05. The van der Waals surface area contributed by atoms with Crippen LogP contribution in [-0.2, 0) is 6.54 Å². The van der Waals surface area contributed by atoms with Crippen molar-refractivity contribution < 1.29 is 0 Å². The smallest absolute Gasteiger partial charge is 0.207 e. The Kier molecular flexibility index (Phi) is 3.14. The molecular weight excluding hydrogens is 242 g/mol. The summed E-state index contributed by atoms with van der Waals surface area (Å²) >= 11 is 7.33. The number of halogens is 1. The van der Waals surface area contributed by atoms with E-state index in [1.165, 1.54) is 50.0 Å². The van der Waals surface area contributed by atoms with Crippen molar-refractivity contribution in [3.63, 3.8) is 0 Å². The molecule has 0 spiro atoms. The van der Waals surface area contributed by atoms with Gasteiger partial charge in [0.1, 0.15) is 5.01 Å². The lowest BCUT2D eigenvalue weighted by atomic mass is 9.92. The third-order valence-corrected chi connectivity index (χ3v) is 4.89. The van der Waals surface area contributed by atoms with Crippen molar-refractivity contribution >= 4 is 22.9 Å². The van der Waals surface area contributed by atoms with Crippen LogP contribution in [0.25, 0.3) is 0 Å². The summed E-state index contributed by atoms with van der Waals surface area (Å²) in [6.07, 6.45) is 6.98. The van der Waals surface area contributed by atoms with E-state index in [4.69, 9.17) is 11.6 Å². The van der Waals surface area contributed by atoms with Crippen molar-refractivity contribution in [3.8, 4) is 0 Å². The number of fused-ring (bicyclic) bond motifs is 1. The van der Waals surface area contributed by atoms with Gasteiger partial charge in [0.2, 0.25) is 4.47 Å². The average molecular weight is 258 g/mol. The highest BCUT2D eigenvalue weighted by atomic mass is 35.5. The molecule has 0 aromatic carbocycles. The predicted molar refractivity (Wildman–Crippen MR) is 65.7 cm³/mol. The van der Waals surface area contributed by atoms with Gasteiger partial charge in [-0.15, -0.1) is 10.2 Å². The third kappa shape index (κ3) is 2.11. The zero-order valence-electron chi connectivity index (χ0n) is 9.23. The number of piperidine rings is 1. The normalized spacial score (nSPS) is 30.6. The van der Waals surface area contributed by atoms with Crippen LogP contribution in [0.4, 0.5) is 0 Å². The van der Waals surface area contributed by atoms with Crippen molar-refractivity contribution in [3.05, 3.63) is 9.47 Å². The van der Waals surface area contributed by atoms with Gasteiger partial charge in [0.05, 0.1) is 6.54 Å². The Morgan fingerprint density at radius 3 is 2.94 bits per heavy atom. The number of hydrogen-bond acceptors (Lipinski definition) is 4. The van der Waals surface area contributed by atoms with Gasteiger partial charge in [0, 0.05) is 6.04 Å². The summed E-state index contributed by atoms with van der Waals surface area (Å²) in [5, 5.41) is 9.06. The van der Waals surface area contributed by atoms with E-state index in [-0.39, 0.29) is 0 Å². The van der Waals surface area contributed by atoms with Gasteiger partial charge in [0.25, 0.3) is 0 Å². The molecule has 88 valence electrons. The highest BCUT2D eigenvalue weighted by molar-refractivity contribution is 7.15. The monoisotopic (exact) mass is 257 g/mol. The molecule has 5 heteroatoms. The number of likely N-dealkylation sites (tertiary alicyclic amines) is 1. The second kappa shape index (κ2) is 4.59. The molecular formula is C11H16ClN3S. The average Bonchev–Trinajstić information content (AvgIpc) is 2.87. The highest BCUT2D eigenvalue weighted by Crippen LogP contribution is 2.37. The van der Waals surface area contributed by atoms with E-state index >= 15 is 0 Å². The molecule has 0 radical (unpaired) electrons. The molecule has 1 saturated carbocycles. The Morgan fingerprint density at radius 2 is 2.12 bits per heavy atom. The van der Waals surface area contributed by atoms with E-state index in [9.17, 15) is 0 Å². The fraction of sp³-hybridized carbons (Fsp3) is 0.818. The maximum Gasteiger partial charge on any atom is 0.207 e. The van der Waals surface area contributed by atoms with E-state index < -0.39 is 0 Å². The molecule has 2 aliphatic rings. The van der Waals surface area contributed by atoms with E-state index in [0.717, 1.165) is 23.5 Å². The Labute approximate surface area is 105 Å². The van der Waals surface area contributed by atoms with Crippen molar-refractivity contribution in [2.24, 2.45) is 5.92 Å². The van der Waals surface area contributed by atoms with Crippen LogP contribution in [0.15, 0.2) is 0 Å². The molecule has 2 heterocycles. The molecule has 3 rings (SSSR count). The summed E-state index contributed by atoms with van der Waals surface area (Å²) in [5.41, 5.74) is 0. The zero-order valence-corrected chi connectivity index (χ0v) is 10.8. The largest absolute Gasteiger partial charge is 0.293 e. The summed E-state index contributed by atoms with van der Waals surface area (Å²) < 4.78 is 0.565. The molecule has 1 aromatic rings. The Morgan fingerprint density at radius 1 is 1.25 bits per heavy atom. The fourth-order valence-corrected chi connectivity index (χ4v) is 4.12. The highest BCUT2D eigenvalue weighted by Gasteiger charge is 2.35. The quantitative estimate of drug-likeness (QED) is 0.816. The Bertz CT molecular complexity index is 368. The van der Waals surface area contributed by atoms with Crippen LogP contribution >= 0.6 is 22.9 Å². The SMILES string of the molecule is Clc1nnc(CN2CCCC3CCCC32)s1.